The number of Topliss-reactive ketones (excluding diaryl/α,β-unsaturated/α-hetero) is 1. The van der Waals surface area contributed by atoms with Crippen LogP contribution < -0.4 is 10.6 Å². The zero-order valence-electron chi connectivity index (χ0n) is 21.3. The summed E-state index contributed by atoms with van der Waals surface area (Å²) in [6.45, 7) is 7.48. The minimum absolute atomic E-state index is 0.0484. The van der Waals surface area contributed by atoms with Crippen LogP contribution in [0.1, 0.15) is 85.5 Å². The van der Waals surface area contributed by atoms with E-state index in [2.05, 4.69) is 10.6 Å². The van der Waals surface area contributed by atoms with Gasteiger partial charge in [0.05, 0.1) is 6.61 Å². The normalized spacial score (nSPS) is 30.2. The van der Waals surface area contributed by atoms with Crippen molar-refractivity contribution in [1.82, 2.24) is 15.5 Å². The summed E-state index contributed by atoms with van der Waals surface area (Å²) in [4.78, 5) is 66.1. The fourth-order valence-corrected chi connectivity index (χ4v) is 5.03. The lowest BCUT2D eigenvalue weighted by Gasteiger charge is -2.30. The third-order valence-electron chi connectivity index (χ3n) is 6.84. The maximum Gasteiger partial charge on any atom is 0.408 e. The second-order valence-corrected chi connectivity index (χ2v) is 10.8. The number of amides is 3. The number of hydrogen-bond donors (Lipinski definition) is 2. The molecular weight excluding hydrogens is 454 g/mol. The molecule has 2 N–H and O–H groups in total. The number of carbonyl (C=O) groups is 5. The van der Waals surface area contributed by atoms with Gasteiger partial charge in [-0.05, 0) is 59.8 Å². The van der Waals surface area contributed by atoms with Crippen LogP contribution in [0.4, 0.5) is 4.79 Å². The Bertz CT molecular complexity index is 852. The van der Waals surface area contributed by atoms with Gasteiger partial charge in [0, 0.05) is 25.3 Å². The molecule has 10 heteroatoms. The summed E-state index contributed by atoms with van der Waals surface area (Å²) in [5, 5.41) is 5.54. The lowest BCUT2D eigenvalue weighted by atomic mass is 10.0. The smallest absolute Gasteiger partial charge is 0.408 e. The van der Waals surface area contributed by atoms with E-state index in [0.29, 0.717) is 51.5 Å². The van der Waals surface area contributed by atoms with Crippen molar-refractivity contribution in [3.63, 3.8) is 0 Å². The van der Waals surface area contributed by atoms with E-state index < -0.39 is 41.2 Å². The van der Waals surface area contributed by atoms with Crippen LogP contribution in [0.2, 0.25) is 0 Å². The summed E-state index contributed by atoms with van der Waals surface area (Å²) in [7, 11) is 0. The van der Waals surface area contributed by atoms with Crippen LogP contribution >= 0.6 is 0 Å². The number of ketones is 1. The Labute approximate surface area is 206 Å². The second kappa shape index (κ2) is 11.0. The summed E-state index contributed by atoms with van der Waals surface area (Å²) in [5.41, 5.74) is -1.93. The van der Waals surface area contributed by atoms with Crippen LogP contribution in [-0.4, -0.2) is 70.9 Å². The topological polar surface area (TPSA) is 131 Å². The molecule has 0 aromatic rings. The molecule has 4 unspecified atom stereocenters. The third kappa shape index (κ3) is 6.73. The summed E-state index contributed by atoms with van der Waals surface area (Å²) >= 11 is 0. The SMILES string of the molecule is CCOC(=O)C12CC1CC(=O)CCCCCC(NC(=O)OC(C)(C)C)C(=O)N1CCCC1C(=O)N2. The number of ether oxygens (including phenoxy) is 2. The van der Waals surface area contributed by atoms with Crippen molar-refractivity contribution < 1.29 is 33.4 Å². The van der Waals surface area contributed by atoms with Crippen LogP contribution in [0, 0.1) is 5.92 Å². The molecule has 3 amide bonds. The Hall–Kier alpha value is -2.65. The zero-order valence-corrected chi connectivity index (χ0v) is 21.3. The van der Waals surface area contributed by atoms with Gasteiger partial charge < -0.3 is 25.0 Å². The highest BCUT2D eigenvalue weighted by atomic mass is 16.6. The van der Waals surface area contributed by atoms with E-state index >= 15 is 0 Å². The van der Waals surface area contributed by atoms with Gasteiger partial charge in [-0.2, -0.15) is 0 Å². The lowest BCUT2D eigenvalue weighted by molar-refractivity contribution is -0.150. The van der Waals surface area contributed by atoms with E-state index in [9.17, 15) is 24.0 Å². The van der Waals surface area contributed by atoms with Gasteiger partial charge >= 0.3 is 12.1 Å². The zero-order chi connectivity index (χ0) is 25.8. The number of esters is 1. The van der Waals surface area contributed by atoms with Crippen molar-refractivity contribution in [3.8, 4) is 0 Å². The number of alkyl carbamates (subject to hydrolysis) is 1. The van der Waals surface area contributed by atoms with Crippen LogP contribution in [0.25, 0.3) is 0 Å². The number of carbonyl (C=O) groups excluding carboxylic acids is 5. The van der Waals surface area contributed by atoms with Gasteiger partial charge in [0.1, 0.15) is 29.0 Å². The van der Waals surface area contributed by atoms with E-state index in [1.807, 2.05) is 0 Å². The monoisotopic (exact) mass is 493 g/mol. The maximum absolute atomic E-state index is 13.5. The van der Waals surface area contributed by atoms with Gasteiger partial charge in [0.15, 0.2) is 0 Å². The molecule has 0 aromatic carbocycles. The molecular formula is C25H39N3O7. The van der Waals surface area contributed by atoms with Crippen molar-refractivity contribution in [2.24, 2.45) is 5.92 Å². The van der Waals surface area contributed by atoms with E-state index in [0.717, 1.165) is 6.42 Å². The van der Waals surface area contributed by atoms with Crippen LogP contribution in [0.15, 0.2) is 0 Å². The van der Waals surface area contributed by atoms with E-state index in [1.165, 1.54) is 4.90 Å². The van der Waals surface area contributed by atoms with Crippen LogP contribution in [0.3, 0.4) is 0 Å². The van der Waals surface area contributed by atoms with Crippen molar-refractivity contribution in [2.45, 2.75) is 109 Å². The Morgan fingerprint density at radius 1 is 1.11 bits per heavy atom. The number of fused-ring (bicyclic) bond motifs is 2. The standard InChI is InChI=1S/C25H39N3O7/c1-5-34-22(32)25-15-16(25)14-17(29)10-7-6-8-11-18(26-23(33)35-24(2,3)4)21(31)28-13-9-12-19(28)20(30)27-25/h16,18-19H,5-15H2,1-4H3,(H,26,33)(H,27,30). The molecule has 0 bridgehead atoms. The van der Waals surface area contributed by atoms with Gasteiger partial charge in [-0.1, -0.05) is 12.8 Å². The van der Waals surface area contributed by atoms with Gasteiger partial charge in [-0.3, -0.25) is 14.4 Å². The summed E-state index contributed by atoms with van der Waals surface area (Å²) in [6.07, 6.45) is 3.75. The molecule has 0 spiro atoms. The first kappa shape index (κ1) is 26.9. The van der Waals surface area contributed by atoms with Gasteiger partial charge in [-0.25, -0.2) is 9.59 Å². The number of rotatable bonds is 3. The fraction of sp³-hybridized carbons (Fsp3) is 0.800. The van der Waals surface area contributed by atoms with Crippen molar-refractivity contribution in [1.29, 1.82) is 0 Å². The molecule has 2 saturated heterocycles. The predicted octanol–water partition coefficient (Wildman–Crippen LogP) is 2.23. The minimum Gasteiger partial charge on any atom is -0.464 e. The summed E-state index contributed by atoms with van der Waals surface area (Å²) in [6, 6.07) is -1.59. The fourth-order valence-electron chi connectivity index (χ4n) is 5.03. The first-order chi connectivity index (χ1) is 16.5. The van der Waals surface area contributed by atoms with Crippen molar-refractivity contribution in [2.75, 3.05) is 13.2 Å². The van der Waals surface area contributed by atoms with Gasteiger partial charge in [0.2, 0.25) is 11.8 Å². The second-order valence-electron chi connectivity index (χ2n) is 10.8. The highest BCUT2D eigenvalue weighted by Gasteiger charge is 2.63. The Morgan fingerprint density at radius 3 is 2.54 bits per heavy atom. The average Bonchev–Trinajstić information content (AvgIpc) is 3.20. The quantitative estimate of drug-likeness (QED) is 0.577. The highest BCUT2D eigenvalue weighted by Crippen LogP contribution is 2.47. The van der Waals surface area contributed by atoms with E-state index in [1.54, 1.807) is 27.7 Å². The van der Waals surface area contributed by atoms with Crippen molar-refractivity contribution in [3.05, 3.63) is 0 Å². The molecule has 1 saturated carbocycles. The largest absolute Gasteiger partial charge is 0.464 e. The number of nitrogens with zero attached hydrogens (tertiary/aromatic N) is 1. The third-order valence-corrected chi connectivity index (χ3v) is 6.84. The highest BCUT2D eigenvalue weighted by molar-refractivity contribution is 5.97. The molecule has 196 valence electrons. The summed E-state index contributed by atoms with van der Waals surface area (Å²) in [5.74, 6) is -1.54. The molecule has 4 atom stereocenters. The molecule has 3 rings (SSSR count). The maximum atomic E-state index is 13.5. The molecule has 1 aliphatic carbocycles. The first-order valence-corrected chi connectivity index (χ1v) is 12.8. The van der Waals surface area contributed by atoms with Crippen LogP contribution in [0.5, 0.6) is 0 Å². The molecule has 3 aliphatic rings. The molecule has 0 radical (unpaired) electrons. The minimum atomic E-state index is -1.21. The predicted molar refractivity (Wildman–Crippen MR) is 126 cm³/mol. The molecule has 2 heterocycles. The molecule has 35 heavy (non-hydrogen) atoms. The molecule has 10 nitrogen and oxygen atoms in total. The Morgan fingerprint density at radius 2 is 1.86 bits per heavy atom. The number of hydrogen-bond acceptors (Lipinski definition) is 7. The summed E-state index contributed by atoms with van der Waals surface area (Å²) < 4.78 is 10.6. The number of nitrogens with one attached hydrogen (secondary N) is 2. The molecule has 2 aliphatic heterocycles. The first-order valence-electron chi connectivity index (χ1n) is 12.8. The molecule has 0 aromatic heterocycles. The van der Waals surface area contributed by atoms with Gasteiger partial charge in [-0.15, -0.1) is 0 Å². The van der Waals surface area contributed by atoms with Crippen molar-refractivity contribution >= 4 is 29.7 Å². The van der Waals surface area contributed by atoms with E-state index in [-0.39, 0.29) is 30.6 Å². The lowest BCUT2D eigenvalue weighted by Crippen LogP contribution is -2.56. The van der Waals surface area contributed by atoms with E-state index in [4.69, 9.17) is 9.47 Å². The van der Waals surface area contributed by atoms with Crippen LogP contribution in [-0.2, 0) is 28.7 Å². The Kier molecular flexibility index (Phi) is 8.43. The molecule has 3 fully saturated rings. The average molecular weight is 494 g/mol. The van der Waals surface area contributed by atoms with Gasteiger partial charge in [0.25, 0.3) is 0 Å². The Balaban J connectivity index is 1.82.